The smallest absolute Gasteiger partial charge is 0.317 e. The number of rotatable bonds is 17. The predicted octanol–water partition coefficient (Wildman–Crippen LogP) is 8.68. The largest absolute Gasteiger partial charge is 0.353 e. The van der Waals surface area contributed by atoms with E-state index in [9.17, 15) is 9.13 Å². The highest BCUT2D eigenvalue weighted by Crippen LogP contribution is 2.49. The zero-order valence-corrected chi connectivity index (χ0v) is 27.2. The summed E-state index contributed by atoms with van der Waals surface area (Å²) in [6.45, 7) is 9.26. The number of hydrogen-bond acceptors (Lipinski definition) is 9. The zero-order valence-electron chi connectivity index (χ0n) is 24.6. The lowest BCUT2D eigenvalue weighted by molar-refractivity contribution is 0.164. The maximum Gasteiger partial charge on any atom is 0.353 e. The summed E-state index contributed by atoms with van der Waals surface area (Å²) in [5.74, 6) is 2.88. The Morgan fingerprint density at radius 1 is 0.650 bits per heavy atom. The Balaban J connectivity index is 2.08. The third-order valence-electron chi connectivity index (χ3n) is 5.81. The van der Waals surface area contributed by atoms with Gasteiger partial charge in [-0.05, 0) is 62.1 Å². The Morgan fingerprint density at radius 2 is 0.975 bits per heavy atom. The first-order valence-electron chi connectivity index (χ1n) is 12.8. The average Bonchev–Trinajstić information content (AvgIpc) is 2.96. The van der Waals surface area contributed by atoms with E-state index in [-0.39, 0.29) is 12.1 Å². The standard InChI is InChI=1S/C28H42NO8P3/c1-23(2)29(24(3)4)38(36-21-27-13-9-25(10-14-27)17-19-39(30,32-5)33-6)37-22-28-15-11-26(12-16-28)18-20-40(31,34-7)35-8/h9-20,23-24H,21-22H2,1-8H3/b19-17+,20-18+. The summed E-state index contributed by atoms with van der Waals surface area (Å²) in [4.78, 5) is 0. The van der Waals surface area contributed by atoms with Crippen LogP contribution >= 0.6 is 23.7 Å². The van der Waals surface area contributed by atoms with Crippen molar-refractivity contribution in [2.24, 2.45) is 0 Å². The van der Waals surface area contributed by atoms with Crippen LogP contribution in [0.15, 0.2) is 60.2 Å². The van der Waals surface area contributed by atoms with Crippen molar-refractivity contribution < 1.29 is 36.3 Å². The molecule has 2 aromatic carbocycles. The van der Waals surface area contributed by atoms with Gasteiger partial charge >= 0.3 is 15.2 Å². The lowest BCUT2D eigenvalue weighted by Crippen LogP contribution is -2.33. The van der Waals surface area contributed by atoms with Crippen molar-refractivity contribution in [2.75, 3.05) is 28.4 Å². The molecule has 0 heterocycles. The van der Waals surface area contributed by atoms with Gasteiger partial charge < -0.3 is 27.1 Å². The highest BCUT2D eigenvalue weighted by Gasteiger charge is 2.27. The molecule has 40 heavy (non-hydrogen) atoms. The zero-order chi connectivity index (χ0) is 29.8. The molecule has 0 aliphatic carbocycles. The van der Waals surface area contributed by atoms with Gasteiger partial charge in [-0.25, -0.2) is 4.67 Å². The molecule has 2 aromatic rings. The van der Waals surface area contributed by atoms with E-state index in [2.05, 4.69) is 32.4 Å². The maximum absolute atomic E-state index is 12.2. The van der Waals surface area contributed by atoms with Crippen LogP contribution in [-0.2, 0) is 49.5 Å². The molecule has 0 aliphatic rings. The molecular formula is C28H42NO8P3. The molecule has 0 radical (unpaired) electrons. The van der Waals surface area contributed by atoms with Gasteiger partial charge in [0.15, 0.2) is 0 Å². The second-order valence-electron chi connectivity index (χ2n) is 9.28. The van der Waals surface area contributed by atoms with Crippen molar-refractivity contribution in [1.82, 2.24) is 4.67 Å². The van der Waals surface area contributed by atoms with Gasteiger partial charge in [-0.15, -0.1) is 0 Å². The van der Waals surface area contributed by atoms with Gasteiger partial charge in [0, 0.05) is 52.2 Å². The lowest BCUT2D eigenvalue weighted by atomic mass is 10.1. The van der Waals surface area contributed by atoms with Gasteiger partial charge in [0.1, 0.15) is 0 Å². The fourth-order valence-electron chi connectivity index (χ4n) is 3.60. The van der Waals surface area contributed by atoms with Crippen LogP contribution in [0.1, 0.15) is 49.9 Å². The van der Waals surface area contributed by atoms with Crippen LogP contribution in [0.5, 0.6) is 0 Å². The van der Waals surface area contributed by atoms with Gasteiger partial charge in [-0.3, -0.25) is 9.13 Å². The minimum Gasteiger partial charge on any atom is -0.317 e. The molecule has 0 N–H and O–H groups in total. The van der Waals surface area contributed by atoms with Crippen LogP contribution in [0.3, 0.4) is 0 Å². The van der Waals surface area contributed by atoms with Crippen LogP contribution in [0.25, 0.3) is 12.2 Å². The quantitative estimate of drug-likeness (QED) is 0.163. The molecule has 0 fully saturated rings. The highest BCUT2D eigenvalue weighted by molar-refractivity contribution is 7.57. The van der Waals surface area contributed by atoms with Crippen molar-refractivity contribution >= 4 is 35.9 Å². The highest BCUT2D eigenvalue weighted by atomic mass is 31.2. The summed E-state index contributed by atoms with van der Waals surface area (Å²) >= 11 is 0. The maximum atomic E-state index is 12.2. The molecular weight excluding hydrogens is 571 g/mol. The normalized spacial score (nSPS) is 13.2. The van der Waals surface area contributed by atoms with E-state index in [4.69, 9.17) is 27.1 Å². The van der Waals surface area contributed by atoms with Crippen molar-refractivity contribution in [3.8, 4) is 0 Å². The van der Waals surface area contributed by atoms with E-state index in [1.54, 1.807) is 12.2 Å². The van der Waals surface area contributed by atoms with Crippen LogP contribution in [0.4, 0.5) is 0 Å². The summed E-state index contributed by atoms with van der Waals surface area (Å²) in [7, 11) is -2.37. The van der Waals surface area contributed by atoms with Gasteiger partial charge in [-0.2, -0.15) is 0 Å². The Bertz CT molecular complexity index is 1080. The molecule has 0 bridgehead atoms. The minimum atomic E-state index is -3.21. The molecule has 0 aromatic heterocycles. The van der Waals surface area contributed by atoms with E-state index in [0.29, 0.717) is 13.2 Å². The second-order valence-corrected chi connectivity index (χ2v) is 14.9. The fourth-order valence-corrected chi connectivity index (χ4v) is 6.71. The molecule has 0 amide bonds. The Hall–Kier alpha value is -1.47. The van der Waals surface area contributed by atoms with Gasteiger partial charge in [0.05, 0.1) is 13.2 Å². The van der Waals surface area contributed by atoms with Gasteiger partial charge in [0.25, 0.3) is 8.53 Å². The monoisotopic (exact) mass is 613 g/mol. The van der Waals surface area contributed by atoms with Crippen LogP contribution < -0.4 is 0 Å². The molecule has 0 aliphatic heterocycles. The number of nitrogens with zero attached hydrogens (tertiary/aromatic N) is 1. The predicted molar refractivity (Wildman–Crippen MR) is 163 cm³/mol. The first-order valence-corrected chi connectivity index (χ1v) is 17.2. The fraction of sp³-hybridized carbons (Fsp3) is 0.429. The van der Waals surface area contributed by atoms with Crippen molar-refractivity contribution in [3.63, 3.8) is 0 Å². The molecule has 222 valence electrons. The topological polar surface area (TPSA) is 92.8 Å². The van der Waals surface area contributed by atoms with Crippen molar-refractivity contribution in [2.45, 2.75) is 53.0 Å². The molecule has 9 nitrogen and oxygen atoms in total. The van der Waals surface area contributed by atoms with E-state index < -0.39 is 23.7 Å². The average molecular weight is 614 g/mol. The summed E-state index contributed by atoms with van der Waals surface area (Å²) in [6.07, 6.45) is 3.42. The molecule has 0 saturated carbocycles. The van der Waals surface area contributed by atoms with Gasteiger partial charge in [-0.1, -0.05) is 48.5 Å². The van der Waals surface area contributed by atoms with Crippen LogP contribution in [0, 0.1) is 0 Å². The van der Waals surface area contributed by atoms with E-state index in [0.717, 1.165) is 22.3 Å². The third kappa shape index (κ3) is 11.1. The van der Waals surface area contributed by atoms with Crippen LogP contribution in [-0.4, -0.2) is 45.2 Å². The van der Waals surface area contributed by atoms with E-state index >= 15 is 0 Å². The SMILES string of the molecule is COP(=O)(/C=C/c1ccc(COP(OCc2ccc(/C=C/P(=O)(OC)OC)cc2)N(C(C)C)C(C)C)cc1)OC. The van der Waals surface area contributed by atoms with Crippen molar-refractivity contribution in [1.29, 1.82) is 0 Å². The molecule has 0 unspecified atom stereocenters. The Labute approximate surface area is 240 Å². The Morgan fingerprint density at radius 3 is 1.25 bits per heavy atom. The summed E-state index contributed by atoms with van der Waals surface area (Å²) in [6, 6.07) is 16.0. The lowest BCUT2D eigenvalue weighted by Gasteiger charge is -2.35. The molecule has 12 heteroatoms. The second kappa shape index (κ2) is 16.8. The molecule has 2 rings (SSSR count). The Kier molecular flexibility index (Phi) is 14.6. The van der Waals surface area contributed by atoms with Crippen LogP contribution in [0.2, 0.25) is 0 Å². The first-order chi connectivity index (χ1) is 19.0. The number of hydrogen-bond donors (Lipinski definition) is 0. The summed E-state index contributed by atoms with van der Waals surface area (Å²) < 4.78 is 59.1. The summed E-state index contributed by atoms with van der Waals surface area (Å²) in [5.41, 5.74) is 3.71. The molecule has 0 spiro atoms. The van der Waals surface area contributed by atoms with E-state index in [1.807, 2.05) is 48.5 Å². The minimum absolute atomic E-state index is 0.223. The third-order valence-corrected chi connectivity index (χ3v) is 10.9. The summed E-state index contributed by atoms with van der Waals surface area (Å²) in [5, 5.41) is 0. The molecule has 0 saturated heterocycles. The van der Waals surface area contributed by atoms with Gasteiger partial charge in [0.2, 0.25) is 0 Å². The molecule has 0 atom stereocenters. The first kappa shape index (κ1) is 34.7. The number of benzene rings is 2. The van der Waals surface area contributed by atoms with Crippen molar-refractivity contribution in [3.05, 3.63) is 82.4 Å². The van der Waals surface area contributed by atoms with E-state index in [1.165, 1.54) is 40.1 Å².